The first kappa shape index (κ1) is 25.9. The summed E-state index contributed by atoms with van der Waals surface area (Å²) >= 11 is 3.30. The number of alkyl halides is 3. The van der Waals surface area contributed by atoms with Crippen molar-refractivity contribution in [2.24, 2.45) is 0 Å². The van der Waals surface area contributed by atoms with E-state index in [0.29, 0.717) is 11.3 Å². The van der Waals surface area contributed by atoms with Gasteiger partial charge >= 0.3 is 18.2 Å². The van der Waals surface area contributed by atoms with Crippen molar-refractivity contribution in [2.75, 3.05) is 11.9 Å². The number of fused-ring (bicyclic) bond motifs is 1. The highest BCUT2D eigenvalue weighted by Crippen LogP contribution is 2.36. The highest BCUT2D eigenvalue weighted by atomic mass is 79.9. The van der Waals surface area contributed by atoms with Crippen LogP contribution in [0.25, 0.3) is 16.7 Å². The Bertz CT molecular complexity index is 1530. The maximum atomic E-state index is 13.9. The van der Waals surface area contributed by atoms with E-state index in [1.165, 1.54) is 17.0 Å². The number of anilines is 1. The van der Waals surface area contributed by atoms with Crippen LogP contribution in [0.2, 0.25) is 0 Å². The lowest BCUT2D eigenvalue weighted by Crippen LogP contribution is -2.28. The molecular weight excluding hydrogens is 559 g/mol. The normalized spacial score (nSPS) is 11.4. The fourth-order valence-electron chi connectivity index (χ4n) is 3.49. The molecule has 0 aliphatic carbocycles. The minimum absolute atomic E-state index is 0.00240. The van der Waals surface area contributed by atoms with Gasteiger partial charge in [0.05, 0.1) is 28.9 Å². The van der Waals surface area contributed by atoms with Crippen LogP contribution in [0.15, 0.2) is 64.1 Å². The van der Waals surface area contributed by atoms with Gasteiger partial charge in [0.15, 0.2) is 0 Å². The zero-order valence-electron chi connectivity index (χ0n) is 19.1. The SMILES string of the molecule is CCOC(=O)c1nc2cc(-n3ccc(CNC(=O)Nc4ccc(Br)cc4)c3)c(C(F)(F)F)cc2[nH]c1=O. The van der Waals surface area contributed by atoms with Crippen molar-refractivity contribution in [3.05, 3.63) is 86.5 Å². The molecule has 0 radical (unpaired) electrons. The molecule has 4 rings (SSSR count). The van der Waals surface area contributed by atoms with Crippen LogP contribution in [-0.2, 0) is 17.5 Å². The van der Waals surface area contributed by atoms with Crippen molar-refractivity contribution in [1.29, 1.82) is 0 Å². The molecular formula is C24H19BrF3N5O4. The van der Waals surface area contributed by atoms with Gasteiger partial charge in [0.25, 0.3) is 5.56 Å². The Balaban J connectivity index is 1.61. The van der Waals surface area contributed by atoms with E-state index >= 15 is 0 Å². The Hall–Kier alpha value is -4.13. The quantitative estimate of drug-likeness (QED) is 0.279. The van der Waals surface area contributed by atoms with E-state index in [1.807, 2.05) is 0 Å². The topological polar surface area (TPSA) is 118 Å². The Morgan fingerprint density at radius 2 is 1.89 bits per heavy atom. The highest BCUT2D eigenvalue weighted by molar-refractivity contribution is 9.10. The van der Waals surface area contributed by atoms with Crippen molar-refractivity contribution in [1.82, 2.24) is 19.9 Å². The molecule has 2 amide bonds. The van der Waals surface area contributed by atoms with Gasteiger partial charge in [-0.2, -0.15) is 13.2 Å². The van der Waals surface area contributed by atoms with E-state index in [4.69, 9.17) is 4.74 Å². The van der Waals surface area contributed by atoms with Crippen molar-refractivity contribution >= 4 is 44.7 Å². The van der Waals surface area contributed by atoms with Crippen LogP contribution in [0.3, 0.4) is 0 Å². The molecule has 0 aliphatic heterocycles. The van der Waals surface area contributed by atoms with Gasteiger partial charge < -0.3 is 24.9 Å². The first-order valence-electron chi connectivity index (χ1n) is 10.8. The summed E-state index contributed by atoms with van der Waals surface area (Å²) in [6.45, 7) is 1.59. The molecule has 4 aromatic rings. The second-order valence-corrected chi connectivity index (χ2v) is 8.68. The molecule has 2 heterocycles. The van der Waals surface area contributed by atoms with Gasteiger partial charge in [0, 0.05) is 29.1 Å². The summed E-state index contributed by atoms with van der Waals surface area (Å²) in [5.74, 6) is -0.983. The van der Waals surface area contributed by atoms with Gasteiger partial charge in [0.1, 0.15) is 0 Å². The summed E-state index contributed by atoms with van der Waals surface area (Å²) in [6, 6.07) is 9.87. The van der Waals surface area contributed by atoms with Crippen LogP contribution in [0.5, 0.6) is 0 Å². The monoisotopic (exact) mass is 577 g/mol. The van der Waals surface area contributed by atoms with Gasteiger partial charge in [-0.05, 0) is 55.0 Å². The number of carbonyl (C=O) groups excluding carboxylic acids is 2. The molecule has 0 unspecified atom stereocenters. The zero-order chi connectivity index (χ0) is 26.7. The summed E-state index contributed by atoms with van der Waals surface area (Å²) in [5.41, 5.74) is -1.94. The smallest absolute Gasteiger partial charge is 0.418 e. The second kappa shape index (κ2) is 10.5. The van der Waals surface area contributed by atoms with Crippen molar-refractivity contribution in [2.45, 2.75) is 19.6 Å². The fourth-order valence-corrected chi connectivity index (χ4v) is 3.75. The number of benzene rings is 2. The molecule has 2 aromatic heterocycles. The average Bonchev–Trinajstić information content (AvgIpc) is 3.31. The number of nitrogens with one attached hydrogen (secondary N) is 3. The molecule has 0 spiro atoms. The van der Waals surface area contributed by atoms with Crippen molar-refractivity contribution in [3.8, 4) is 5.69 Å². The summed E-state index contributed by atoms with van der Waals surface area (Å²) in [4.78, 5) is 42.6. The number of H-pyrrole nitrogens is 1. The number of halogens is 4. The second-order valence-electron chi connectivity index (χ2n) is 7.76. The van der Waals surface area contributed by atoms with Crippen LogP contribution in [0.1, 0.15) is 28.5 Å². The van der Waals surface area contributed by atoms with Crippen LogP contribution in [-0.4, -0.2) is 33.1 Å². The summed E-state index contributed by atoms with van der Waals surface area (Å²) in [5, 5.41) is 5.29. The molecule has 3 N–H and O–H groups in total. The van der Waals surface area contributed by atoms with Crippen molar-refractivity contribution < 1.29 is 27.5 Å². The molecule has 13 heteroatoms. The van der Waals surface area contributed by atoms with Crippen molar-refractivity contribution in [3.63, 3.8) is 0 Å². The van der Waals surface area contributed by atoms with Crippen LogP contribution >= 0.6 is 15.9 Å². The van der Waals surface area contributed by atoms with E-state index < -0.39 is 35.0 Å². The Morgan fingerprint density at radius 3 is 2.57 bits per heavy atom. The molecule has 0 atom stereocenters. The lowest BCUT2D eigenvalue weighted by molar-refractivity contribution is -0.137. The molecule has 37 heavy (non-hydrogen) atoms. The number of hydrogen-bond acceptors (Lipinski definition) is 5. The molecule has 0 aliphatic rings. The first-order valence-corrected chi connectivity index (χ1v) is 11.6. The van der Waals surface area contributed by atoms with Gasteiger partial charge in [-0.1, -0.05) is 15.9 Å². The maximum Gasteiger partial charge on any atom is 0.418 e. The number of nitrogens with zero attached hydrogens (tertiary/aromatic N) is 2. The summed E-state index contributed by atoms with van der Waals surface area (Å²) in [7, 11) is 0. The van der Waals surface area contributed by atoms with Gasteiger partial charge in [-0.15, -0.1) is 0 Å². The standard InChI is InChI=1S/C24H19BrF3N5O4/c1-2-37-22(35)20-21(34)32-17-9-16(24(26,27)28)19(10-18(17)31-20)33-8-7-13(12-33)11-29-23(36)30-15-5-3-14(25)4-6-15/h3-10,12H,2,11H2,1H3,(H,32,34)(H2,29,30,36). The molecule has 0 saturated heterocycles. The third-order valence-corrected chi connectivity index (χ3v) is 5.70. The number of amides is 2. The molecule has 0 bridgehead atoms. The number of aromatic amines is 1. The van der Waals surface area contributed by atoms with E-state index in [-0.39, 0.29) is 29.9 Å². The van der Waals surface area contributed by atoms with Crippen LogP contribution in [0.4, 0.5) is 23.7 Å². The number of urea groups is 1. The Kier molecular flexibility index (Phi) is 7.34. The van der Waals surface area contributed by atoms with E-state index in [1.54, 1.807) is 37.3 Å². The van der Waals surface area contributed by atoms with E-state index in [2.05, 4.69) is 36.5 Å². The van der Waals surface area contributed by atoms with Gasteiger partial charge in [0.2, 0.25) is 5.69 Å². The number of rotatable bonds is 6. The molecule has 192 valence electrons. The van der Waals surface area contributed by atoms with Crippen LogP contribution in [0, 0.1) is 0 Å². The summed E-state index contributed by atoms with van der Waals surface area (Å²) in [6.07, 6.45) is -1.93. The lowest BCUT2D eigenvalue weighted by atomic mass is 10.1. The van der Waals surface area contributed by atoms with E-state index in [0.717, 1.165) is 16.6 Å². The predicted octanol–water partition coefficient (Wildman–Crippen LogP) is 4.99. The van der Waals surface area contributed by atoms with Gasteiger partial charge in [-0.3, -0.25) is 4.79 Å². The number of aromatic nitrogens is 3. The molecule has 9 nitrogen and oxygen atoms in total. The zero-order valence-corrected chi connectivity index (χ0v) is 20.7. The lowest BCUT2D eigenvalue weighted by Gasteiger charge is -2.15. The molecule has 0 saturated carbocycles. The Labute approximate surface area is 215 Å². The minimum Gasteiger partial charge on any atom is -0.461 e. The number of carbonyl (C=O) groups is 2. The highest BCUT2D eigenvalue weighted by Gasteiger charge is 2.35. The Morgan fingerprint density at radius 1 is 1.16 bits per heavy atom. The maximum absolute atomic E-state index is 13.9. The van der Waals surface area contributed by atoms with E-state index in [9.17, 15) is 27.6 Å². The average molecular weight is 578 g/mol. The molecule has 2 aromatic carbocycles. The summed E-state index contributed by atoms with van der Waals surface area (Å²) < 4.78 is 48.6. The molecule has 0 fully saturated rings. The first-order chi connectivity index (χ1) is 17.5. The number of ether oxygens (including phenoxy) is 1. The van der Waals surface area contributed by atoms with Gasteiger partial charge in [-0.25, -0.2) is 14.6 Å². The fraction of sp³-hybridized carbons (Fsp3) is 0.167. The third-order valence-electron chi connectivity index (χ3n) is 5.17. The number of esters is 1. The number of hydrogen-bond donors (Lipinski definition) is 3. The van der Waals surface area contributed by atoms with Crippen LogP contribution < -0.4 is 16.2 Å². The largest absolute Gasteiger partial charge is 0.461 e. The third kappa shape index (κ3) is 6.00. The predicted molar refractivity (Wildman–Crippen MR) is 133 cm³/mol. The minimum atomic E-state index is -4.76.